The lowest BCUT2D eigenvalue weighted by Crippen LogP contribution is -2.51. The first-order valence-electron chi connectivity index (χ1n) is 5.65. The molecule has 2 N–H and O–H groups in total. The minimum absolute atomic E-state index is 0.177. The van der Waals surface area contributed by atoms with Crippen LogP contribution in [-0.4, -0.2) is 43.2 Å². The number of rotatable bonds is 2. The number of para-hydroxylation sites is 2. The van der Waals surface area contributed by atoms with Crippen LogP contribution in [0.2, 0.25) is 0 Å². The summed E-state index contributed by atoms with van der Waals surface area (Å²) in [5, 5.41) is 11.3. The Kier molecular flexibility index (Phi) is 3.37. The van der Waals surface area contributed by atoms with E-state index in [9.17, 15) is 14.4 Å². The molecule has 1 aliphatic heterocycles. The molecule has 0 saturated heterocycles. The molecule has 0 radical (unpaired) electrons. The molecular formula is C12H13N3O4. The number of hydrogen-bond donors (Lipinski definition) is 2. The second kappa shape index (κ2) is 4.97. The van der Waals surface area contributed by atoms with Gasteiger partial charge in [0.15, 0.2) is 0 Å². The lowest BCUT2D eigenvalue weighted by atomic mass is 10.1. The van der Waals surface area contributed by atoms with Crippen LogP contribution in [0.5, 0.6) is 0 Å². The Bertz CT molecular complexity index is 544. The fourth-order valence-electron chi connectivity index (χ4n) is 1.99. The number of aliphatic carboxylic acids is 1. The molecule has 0 atom stereocenters. The third kappa shape index (κ3) is 2.35. The molecule has 0 unspecified atom stereocenters. The lowest BCUT2D eigenvalue weighted by Gasteiger charge is -2.34. The van der Waals surface area contributed by atoms with E-state index in [1.165, 1.54) is 11.9 Å². The van der Waals surface area contributed by atoms with E-state index in [-0.39, 0.29) is 6.54 Å². The number of carbonyl (C=O) groups excluding carboxylic acids is 2. The molecule has 7 nitrogen and oxygen atoms in total. The number of amides is 3. The first-order valence-corrected chi connectivity index (χ1v) is 5.65. The Hall–Kier alpha value is -2.57. The molecule has 0 saturated carbocycles. The number of urea groups is 1. The summed E-state index contributed by atoms with van der Waals surface area (Å²) < 4.78 is 0. The number of carboxylic acid groups (broad SMARTS) is 1. The normalized spacial score (nSPS) is 14.1. The fraction of sp³-hybridized carbons (Fsp3) is 0.250. The molecule has 0 bridgehead atoms. The average Bonchev–Trinajstić information content (AvgIpc) is 2.40. The van der Waals surface area contributed by atoms with E-state index in [4.69, 9.17) is 5.11 Å². The van der Waals surface area contributed by atoms with Crippen molar-refractivity contribution in [1.29, 1.82) is 0 Å². The Morgan fingerprint density at radius 3 is 2.53 bits per heavy atom. The monoisotopic (exact) mass is 263 g/mol. The van der Waals surface area contributed by atoms with Crippen molar-refractivity contribution in [3.05, 3.63) is 24.3 Å². The Balaban J connectivity index is 2.45. The number of carbonyl (C=O) groups is 3. The molecule has 1 aromatic rings. The van der Waals surface area contributed by atoms with Gasteiger partial charge in [0.2, 0.25) is 5.91 Å². The average molecular weight is 263 g/mol. The van der Waals surface area contributed by atoms with Crippen LogP contribution >= 0.6 is 0 Å². The second-order valence-corrected chi connectivity index (χ2v) is 4.00. The van der Waals surface area contributed by atoms with Crippen LogP contribution < -0.4 is 15.1 Å². The Morgan fingerprint density at radius 2 is 1.95 bits per heavy atom. The SMILES string of the molecule is CNC(=O)N1CC(=O)N(CC(=O)O)c2ccccc21. The van der Waals surface area contributed by atoms with Crippen LogP contribution in [0, 0.1) is 0 Å². The molecular weight excluding hydrogens is 250 g/mol. The minimum Gasteiger partial charge on any atom is -0.480 e. The van der Waals surface area contributed by atoms with Crippen LogP contribution in [-0.2, 0) is 9.59 Å². The quantitative estimate of drug-likeness (QED) is 0.801. The van der Waals surface area contributed by atoms with Gasteiger partial charge in [-0.3, -0.25) is 19.4 Å². The van der Waals surface area contributed by atoms with E-state index in [2.05, 4.69) is 5.32 Å². The number of hydrogen-bond acceptors (Lipinski definition) is 3. The van der Waals surface area contributed by atoms with E-state index >= 15 is 0 Å². The maximum atomic E-state index is 12.0. The first-order chi connectivity index (χ1) is 9.04. The van der Waals surface area contributed by atoms with Crippen LogP contribution in [0.1, 0.15) is 0 Å². The number of nitrogens with zero attached hydrogens (tertiary/aromatic N) is 2. The van der Waals surface area contributed by atoms with Crippen LogP contribution in [0.15, 0.2) is 24.3 Å². The van der Waals surface area contributed by atoms with Gasteiger partial charge in [-0.2, -0.15) is 0 Å². The maximum absolute atomic E-state index is 12.0. The zero-order valence-corrected chi connectivity index (χ0v) is 10.3. The summed E-state index contributed by atoms with van der Waals surface area (Å²) >= 11 is 0. The van der Waals surface area contributed by atoms with Crippen molar-refractivity contribution in [3.63, 3.8) is 0 Å². The summed E-state index contributed by atoms with van der Waals surface area (Å²) in [5.74, 6) is -1.53. The number of nitrogens with one attached hydrogen (secondary N) is 1. The van der Waals surface area contributed by atoms with E-state index < -0.39 is 24.5 Å². The van der Waals surface area contributed by atoms with Gasteiger partial charge in [-0.25, -0.2) is 4.79 Å². The van der Waals surface area contributed by atoms with E-state index in [1.54, 1.807) is 24.3 Å². The summed E-state index contributed by atoms with van der Waals surface area (Å²) in [6.45, 7) is -0.596. The van der Waals surface area contributed by atoms with Crippen molar-refractivity contribution < 1.29 is 19.5 Å². The smallest absolute Gasteiger partial charge is 0.323 e. The zero-order valence-electron chi connectivity index (χ0n) is 10.3. The highest BCUT2D eigenvalue weighted by atomic mass is 16.4. The largest absolute Gasteiger partial charge is 0.480 e. The highest BCUT2D eigenvalue weighted by Crippen LogP contribution is 2.33. The Morgan fingerprint density at radius 1 is 1.32 bits per heavy atom. The van der Waals surface area contributed by atoms with Gasteiger partial charge in [0.1, 0.15) is 13.1 Å². The van der Waals surface area contributed by atoms with Gasteiger partial charge in [0, 0.05) is 7.05 Å². The molecule has 7 heteroatoms. The molecule has 100 valence electrons. The summed E-state index contributed by atoms with van der Waals surface area (Å²) in [6.07, 6.45) is 0. The van der Waals surface area contributed by atoms with Gasteiger partial charge in [0.05, 0.1) is 11.4 Å². The zero-order chi connectivity index (χ0) is 14.0. The van der Waals surface area contributed by atoms with Crippen molar-refractivity contribution in [2.75, 3.05) is 29.9 Å². The second-order valence-electron chi connectivity index (χ2n) is 4.00. The number of fused-ring (bicyclic) bond motifs is 1. The lowest BCUT2D eigenvalue weighted by molar-refractivity contribution is -0.136. The van der Waals surface area contributed by atoms with Crippen molar-refractivity contribution in [2.45, 2.75) is 0 Å². The van der Waals surface area contributed by atoms with Gasteiger partial charge >= 0.3 is 12.0 Å². The highest BCUT2D eigenvalue weighted by molar-refractivity contribution is 6.12. The summed E-state index contributed by atoms with van der Waals surface area (Å²) in [4.78, 5) is 37.0. The van der Waals surface area contributed by atoms with Crippen molar-refractivity contribution in [1.82, 2.24) is 5.32 Å². The number of anilines is 2. The predicted molar refractivity (Wildman–Crippen MR) is 68.2 cm³/mol. The van der Waals surface area contributed by atoms with Gasteiger partial charge in [0.25, 0.3) is 0 Å². The molecule has 3 amide bonds. The molecule has 2 rings (SSSR count). The molecule has 1 aromatic carbocycles. The fourth-order valence-corrected chi connectivity index (χ4v) is 1.99. The number of benzene rings is 1. The molecule has 19 heavy (non-hydrogen) atoms. The summed E-state index contributed by atoms with van der Waals surface area (Å²) in [7, 11) is 1.47. The van der Waals surface area contributed by atoms with Crippen molar-refractivity contribution in [3.8, 4) is 0 Å². The third-order valence-corrected chi connectivity index (χ3v) is 2.81. The predicted octanol–water partition coefficient (Wildman–Crippen LogP) is 0.264. The van der Waals surface area contributed by atoms with Crippen molar-refractivity contribution >= 4 is 29.3 Å². The summed E-state index contributed by atoms with van der Waals surface area (Å²) in [5.41, 5.74) is 0.937. The Labute approximate surface area is 109 Å². The van der Waals surface area contributed by atoms with Gasteiger partial charge < -0.3 is 10.4 Å². The standard InChI is InChI=1S/C12H13N3O4/c1-13-12(19)15-6-10(16)14(7-11(17)18)8-4-2-3-5-9(8)15/h2-5H,6-7H2,1H3,(H,13,19)(H,17,18). The molecule has 0 spiro atoms. The van der Waals surface area contributed by atoms with Crippen LogP contribution in [0.3, 0.4) is 0 Å². The minimum atomic E-state index is -1.10. The summed E-state index contributed by atoms with van der Waals surface area (Å²) in [6, 6.07) is 6.30. The molecule has 0 aromatic heterocycles. The number of carboxylic acids is 1. The molecule has 1 heterocycles. The topological polar surface area (TPSA) is 90.0 Å². The van der Waals surface area contributed by atoms with E-state index in [1.807, 2.05) is 0 Å². The van der Waals surface area contributed by atoms with Crippen LogP contribution in [0.25, 0.3) is 0 Å². The first kappa shape index (κ1) is 12.9. The molecule has 0 aliphatic carbocycles. The third-order valence-electron chi connectivity index (χ3n) is 2.81. The van der Waals surface area contributed by atoms with Gasteiger partial charge in [-0.05, 0) is 12.1 Å². The van der Waals surface area contributed by atoms with E-state index in [0.29, 0.717) is 11.4 Å². The van der Waals surface area contributed by atoms with Crippen molar-refractivity contribution in [2.24, 2.45) is 0 Å². The highest BCUT2D eigenvalue weighted by Gasteiger charge is 2.32. The van der Waals surface area contributed by atoms with E-state index in [0.717, 1.165) is 4.90 Å². The molecule has 1 aliphatic rings. The maximum Gasteiger partial charge on any atom is 0.323 e. The van der Waals surface area contributed by atoms with Gasteiger partial charge in [-0.1, -0.05) is 12.1 Å². The van der Waals surface area contributed by atoms with Crippen LogP contribution in [0.4, 0.5) is 16.2 Å². The molecule has 0 fully saturated rings. The van der Waals surface area contributed by atoms with Gasteiger partial charge in [-0.15, -0.1) is 0 Å².